The second kappa shape index (κ2) is 4.73. The minimum absolute atomic E-state index is 0.114. The average Bonchev–Trinajstić information content (AvgIpc) is 3.17. The maximum atomic E-state index is 11.0. The molecule has 2 aromatic heterocycles. The van der Waals surface area contributed by atoms with Gasteiger partial charge in [0.2, 0.25) is 0 Å². The maximum absolute atomic E-state index is 11.0. The van der Waals surface area contributed by atoms with Crippen LogP contribution < -0.4 is 0 Å². The Morgan fingerprint density at radius 1 is 1.04 bits per heavy atom. The van der Waals surface area contributed by atoms with Crippen LogP contribution in [-0.4, -0.2) is 24.9 Å². The molecule has 5 heteroatoms. The number of benzene rings is 1. The molecule has 0 spiro atoms. The van der Waals surface area contributed by atoms with E-state index in [1.165, 1.54) is 11.1 Å². The summed E-state index contributed by atoms with van der Waals surface area (Å²) in [5, 5.41) is 18.9. The monoisotopic (exact) mass is 304 g/mol. The van der Waals surface area contributed by atoms with Gasteiger partial charge in [0.05, 0.1) is 42.8 Å². The van der Waals surface area contributed by atoms with Crippen LogP contribution in [0.25, 0.3) is 11.3 Å². The van der Waals surface area contributed by atoms with E-state index in [1.807, 2.05) is 12.5 Å². The molecule has 0 saturated carbocycles. The van der Waals surface area contributed by atoms with Gasteiger partial charge in [-0.05, 0) is 24.0 Å². The van der Waals surface area contributed by atoms with Gasteiger partial charge in [-0.1, -0.05) is 24.3 Å². The van der Waals surface area contributed by atoms with Gasteiger partial charge in [-0.3, -0.25) is 0 Å². The smallest absolute Gasteiger partial charge is 0.0956 e. The molecule has 1 N–H and O–H groups in total. The normalized spacial score (nSPS) is 24.8. The van der Waals surface area contributed by atoms with E-state index in [2.05, 4.69) is 44.0 Å². The Morgan fingerprint density at radius 3 is 2.87 bits per heavy atom. The van der Waals surface area contributed by atoms with E-state index in [0.29, 0.717) is 0 Å². The predicted molar refractivity (Wildman–Crippen MR) is 84.6 cm³/mol. The van der Waals surface area contributed by atoms with E-state index < -0.39 is 6.10 Å². The third kappa shape index (κ3) is 1.74. The van der Waals surface area contributed by atoms with Gasteiger partial charge in [0.1, 0.15) is 0 Å². The van der Waals surface area contributed by atoms with Crippen molar-refractivity contribution in [3.8, 4) is 11.3 Å². The van der Waals surface area contributed by atoms with Gasteiger partial charge < -0.3 is 9.67 Å². The first kappa shape index (κ1) is 13.0. The number of imidazole rings is 1. The lowest BCUT2D eigenvalue weighted by Gasteiger charge is -2.34. The fraction of sp³-hybridized carbons (Fsp3) is 0.278. The van der Waals surface area contributed by atoms with Crippen LogP contribution >= 0.6 is 0 Å². The Bertz CT molecular complexity index is 888. The molecule has 5 rings (SSSR count). The van der Waals surface area contributed by atoms with Crippen LogP contribution in [0.15, 0.2) is 49.2 Å². The Hall–Kier alpha value is -2.53. The Morgan fingerprint density at radius 2 is 1.91 bits per heavy atom. The molecule has 0 fully saturated rings. The van der Waals surface area contributed by atoms with E-state index in [4.69, 9.17) is 0 Å². The molecule has 2 unspecified atom stereocenters. The van der Waals surface area contributed by atoms with Gasteiger partial charge in [0.25, 0.3) is 0 Å². The highest BCUT2D eigenvalue weighted by Crippen LogP contribution is 2.49. The van der Waals surface area contributed by atoms with Crippen LogP contribution in [0.2, 0.25) is 0 Å². The van der Waals surface area contributed by atoms with Gasteiger partial charge in [-0.2, -0.15) is 10.2 Å². The molecule has 2 aliphatic rings. The molecule has 114 valence electrons. The molecule has 3 heterocycles. The molecule has 0 saturated heterocycles. The molecular weight excluding hydrogens is 288 g/mol. The number of rotatable bonds is 1. The topological polar surface area (TPSA) is 63.8 Å². The van der Waals surface area contributed by atoms with Gasteiger partial charge in [-0.25, -0.2) is 4.98 Å². The molecular formula is C18H16N4O. The summed E-state index contributed by atoms with van der Waals surface area (Å²) in [4.78, 5) is 4.32. The summed E-state index contributed by atoms with van der Waals surface area (Å²) in [7, 11) is 0. The summed E-state index contributed by atoms with van der Waals surface area (Å²) in [6, 6.07) is 8.55. The fourth-order valence-corrected chi connectivity index (χ4v) is 4.18. The van der Waals surface area contributed by atoms with Crippen LogP contribution in [0, 0.1) is 5.92 Å². The summed E-state index contributed by atoms with van der Waals surface area (Å²) in [6.07, 6.45) is 8.61. The number of aromatic nitrogens is 4. The maximum Gasteiger partial charge on any atom is 0.0956 e. The lowest BCUT2D eigenvalue weighted by atomic mass is 9.77. The number of aliphatic hydroxyl groups is 1. The van der Waals surface area contributed by atoms with E-state index in [1.54, 1.807) is 12.4 Å². The highest BCUT2D eigenvalue weighted by molar-refractivity contribution is 5.69. The van der Waals surface area contributed by atoms with Gasteiger partial charge in [0.15, 0.2) is 0 Å². The highest BCUT2D eigenvalue weighted by Gasteiger charge is 2.40. The van der Waals surface area contributed by atoms with Gasteiger partial charge in [0, 0.05) is 17.0 Å². The molecule has 3 aromatic rings. The lowest BCUT2D eigenvalue weighted by molar-refractivity contribution is 0.0714. The number of aryl methyl sites for hydroxylation is 1. The molecule has 1 aliphatic carbocycles. The van der Waals surface area contributed by atoms with Crippen molar-refractivity contribution >= 4 is 0 Å². The Labute approximate surface area is 133 Å². The lowest BCUT2D eigenvalue weighted by Crippen LogP contribution is -2.28. The first-order chi connectivity index (χ1) is 11.3. The zero-order valence-electron chi connectivity index (χ0n) is 12.5. The van der Waals surface area contributed by atoms with E-state index in [-0.39, 0.29) is 12.0 Å². The molecule has 23 heavy (non-hydrogen) atoms. The summed E-state index contributed by atoms with van der Waals surface area (Å²) in [6.45, 7) is 0. The van der Waals surface area contributed by atoms with E-state index >= 15 is 0 Å². The Kier molecular flexibility index (Phi) is 2.67. The number of hydrogen-bond acceptors (Lipinski definition) is 4. The first-order valence-corrected chi connectivity index (χ1v) is 7.93. The molecule has 0 bridgehead atoms. The molecule has 1 aromatic carbocycles. The predicted octanol–water partition coefficient (Wildman–Crippen LogP) is 2.54. The SMILES string of the molecule is OC1c2cnncc2CCC1[C@@H]1c2ccccc2-c2cncn21. The molecule has 3 atom stereocenters. The molecule has 5 nitrogen and oxygen atoms in total. The van der Waals surface area contributed by atoms with Crippen LogP contribution in [0.4, 0.5) is 0 Å². The summed E-state index contributed by atoms with van der Waals surface area (Å²) >= 11 is 0. The van der Waals surface area contributed by atoms with Crippen molar-refractivity contribution < 1.29 is 5.11 Å². The van der Waals surface area contributed by atoms with Gasteiger partial charge in [-0.15, -0.1) is 0 Å². The second-order valence-electron chi connectivity index (χ2n) is 6.34. The minimum atomic E-state index is -0.527. The molecule has 0 amide bonds. The number of fused-ring (bicyclic) bond motifs is 4. The van der Waals surface area contributed by atoms with Crippen molar-refractivity contribution in [2.24, 2.45) is 5.92 Å². The van der Waals surface area contributed by atoms with Crippen LogP contribution in [0.5, 0.6) is 0 Å². The fourth-order valence-electron chi connectivity index (χ4n) is 4.18. The third-order valence-electron chi connectivity index (χ3n) is 5.25. The zero-order chi connectivity index (χ0) is 15.4. The largest absolute Gasteiger partial charge is 0.388 e. The quantitative estimate of drug-likeness (QED) is 0.750. The third-order valence-corrected chi connectivity index (χ3v) is 5.25. The van der Waals surface area contributed by atoms with Crippen LogP contribution in [0.3, 0.4) is 0 Å². The van der Waals surface area contributed by atoms with Crippen molar-refractivity contribution in [2.75, 3.05) is 0 Å². The van der Waals surface area contributed by atoms with Gasteiger partial charge >= 0.3 is 0 Å². The van der Waals surface area contributed by atoms with Crippen LogP contribution in [-0.2, 0) is 6.42 Å². The van der Waals surface area contributed by atoms with E-state index in [9.17, 15) is 5.11 Å². The summed E-state index contributed by atoms with van der Waals surface area (Å²) < 4.78 is 2.21. The highest BCUT2D eigenvalue weighted by atomic mass is 16.3. The number of hydrogen-bond donors (Lipinski definition) is 1. The second-order valence-corrected chi connectivity index (χ2v) is 6.34. The average molecular weight is 304 g/mol. The van der Waals surface area contributed by atoms with Crippen molar-refractivity contribution in [2.45, 2.75) is 25.0 Å². The van der Waals surface area contributed by atoms with E-state index in [0.717, 1.165) is 29.7 Å². The zero-order valence-corrected chi connectivity index (χ0v) is 12.5. The van der Waals surface area contributed by atoms with Crippen molar-refractivity contribution in [1.82, 2.24) is 19.7 Å². The first-order valence-electron chi connectivity index (χ1n) is 7.93. The number of aliphatic hydroxyl groups excluding tert-OH is 1. The minimum Gasteiger partial charge on any atom is -0.388 e. The van der Waals surface area contributed by atoms with Crippen molar-refractivity contribution in [1.29, 1.82) is 0 Å². The molecule has 1 aliphatic heterocycles. The standard InChI is InChI=1S/C18H16N4O/c23-18-14(6-5-11-7-20-21-8-15(11)18)17-13-4-2-1-3-12(13)16-9-19-10-22(16)17/h1-4,7-10,14,17-18,23H,5-6H2/t14?,17-,18?/m0/s1. The van der Waals surface area contributed by atoms with Crippen molar-refractivity contribution in [3.05, 3.63) is 65.9 Å². The summed E-state index contributed by atoms with van der Waals surface area (Å²) in [5.74, 6) is 0.114. The Balaban J connectivity index is 1.64. The van der Waals surface area contributed by atoms with Crippen molar-refractivity contribution in [3.63, 3.8) is 0 Å². The number of nitrogens with zero attached hydrogens (tertiary/aromatic N) is 4. The molecule has 0 radical (unpaired) electrons. The summed E-state index contributed by atoms with van der Waals surface area (Å²) in [5.41, 5.74) is 5.67. The van der Waals surface area contributed by atoms with Crippen LogP contribution in [0.1, 0.15) is 35.3 Å².